The molecule has 6 aromatic carbocycles. The minimum atomic E-state index is -1.43. The fraction of sp³-hybridized carbons (Fsp3) is 0.125. The number of rotatable bonds is 6. The van der Waals surface area contributed by atoms with Gasteiger partial charge < -0.3 is 17.5 Å². The first kappa shape index (κ1) is 39.5. The van der Waals surface area contributed by atoms with E-state index in [1.807, 2.05) is 121 Å². The smallest absolute Gasteiger partial charge is 0.132 e. The van der Waals surface area contributed by atoms with Crippen molar-refractivity contribution in [1.82, 2.24) is 4.98 Å². The molecule has 0 aliphatic rings. The van der Waals surface area contributed by atoms with Crippen molar-refractivity contribution < 1.29 is 26.6 Å². The molecule has 7 rings (SSSR count). The Labute approximate surface area is 318 Å². The molecule has 4 heteroatoms. The summed E-state index contributed by atoms with van der Waals surface area (Å²) in [4.78, 5) is 4.11. The zero-order valence-corrected chi connectivity index (χ0v) is 33.8. The van der Waals surface area contributed by atoms with E-state index in [4.69, 9.17) is 0 Å². The first-order valence-corrected chi connectivity index (χ1v) is 20.0. The van der Waals surface area contributed by atoms with Gasteiger partial charge in [-0.3, -0.25) is 0 Å². The van der Waals surface area contributed by atoms with Crippen molar-refractivity contribution in [1.29, 1.82) is 0 Å². The standard InChI is InChI=1S/C31H24O.C10H12.C6H8N.CH3.O.W/c1-22-27(23-14-6-2-7-15-23)29(25-18-10-4-11-19-25)31(32)30(26-20-12-5-13-21-26)28(22)24-16-8-3-9-17-24;1-10(2,3)9-7-5-4-6-8-9;1-5-3-4-6(2)7-5;;;/h2-21,32H,1H3;1,4-8H,2-3H3;3-4H,1-2H3;1H3;;/q;;2*-1;;. The zero-order chi connectivity index (χ0) is 36.2. The quantitative estimate of drug-likeness (QED) is 0.170. The van der Waals surface area contributed by atoms with Crippen LogP contribution in [0.2, 0.25) is 0 Å². The minimum absolute atomic E-state index is 0. The van der Waals surface area contributed by atoms with Gasteiger partial charge in [0.05, 0.1) is 0 Å². The molecule has 0 aliphatic carbocycles. The van der Waals surface area contributed by atoms with E-state index in [2.05, 4.69) is 86.4 Å². The third kappa shape index (κ3) is 9.75. The van der Waals surface area contributed by atoms with Gasteiger partial charge in [0.15, 0.2) is 0 Å². The number of aryl methyl sites for hydroxylation is 2. The largest absolute Gasteiger partial charge is 0.665 e. The molecule has 0 saturated heterocycles. The Kier molecular flexibility index (Phi) is 14.3. The summed E-state index contributed by atoms with van der Waals surface area (Å²) in [6, 6.07) is 55.3. The van der Waals surface area contributed by atoms with Crippen LogP contribution in [0.3, 0.4) is 0 Å². The van der Waals surface area contributed by atoms with Crippen LogP contribution in [0.4, 0.5) is 0 Å². The first-order valence-electron chi connectivity index (χ1n) is 17.1. The average molecular weight is 854 g/mol. The SMILES string of the molecule is CC(C)([CH]=[W]=[O])c1ccccc1.Cc1c(-c2ccccc2)c(-c2ccccc2)c(O)c(-c2ccccc2)c1-c1ccccc1.Cc1ccc(C)[n-]1.[CH3-]. The van der Waals surface area contributed by atoms with Crippen LogP contribution in [0.1, 0.15) is 36.4 Å². The summed E-state index contributed by atoms with van der Waals surface area (Å²) >= 11 is -1.43. The van der Waals surface area contributed by atoms with Gasteiger partial charge >= 0.3 is 81.0 Å². The van der Waals surface area contributed by atoms with E-state index in [1.165, 1.54) is 5.56 Å². The van der Waals surface area contributed by atoms with E-state index in [0.29, 0.717) is 5.75 Å². The van der Waals surface area contributed by atoms with Crippen LogP contribution >= 0.6 is 0 Å². The Morgan fingerprint density at radius 2 is 0.808 bits per heavy atom. The molecule has 0 amide bonds. The normalized spacial score (nSPS) is 10.4. The van der Waals surface area contributed by atoms with Crippen molar-refractivity contribution in [2.75, 3.05) is 0 Å². The van der Waals surface area contributed by atoms with Crippen LogP contribution in [0.25, 0.3) is 44.5 Å². The summed E-state index contributed by atoms with van der Waals surface area (Å²) in [6.07, 6.45) is 0. The van der Waals surface area contributed by atoms with E-state index in [1.54, 1.807) is 0 Å². The van der Waals surface area contributed by atoms with Gasteiger partial charge in [0.1, 0.15) is 5.75 Å². The van der Waals surface area contributed by atoms with Gasteiger partial charge in [-0.2, -0.15) is 11.4 Å². The Balaban J connectivity index is 0.000000248. The van der Waals surface area contributed by atoms with Gasteiger partial charge in [-0.25, -0.2) is 0 Å². The van der Waals surface area contributed by atoms with Crippen LogP contribution in [0.5, 0.6) is 5.75 Å². The van der Waals surface area contributed by atoms with Crippen molar-refractivity contribution in [2.45, 2.75) is 40.0 Å². The number of benzene rings is 6. The number of phenols is 1. The van der Waals surface area contributed by atoms with Gasteiger partial charge in [0, 0.05) is 11.1 Å². The molecule has 0 unspecified atom stereocenters. The predicted molar refractivity (Wildman–Crippen MR) is 216 cm³/mol. The number of hydrogen-bond acceptors (Lipinski definition) is 2. The summed E-state index contributed by atoms with van der Waals surface area (Å²) in [6.45, 7) is 10.4. The fourth-order valence-electron chi connectivity index (χ4n) is 6.21. The Morgan fingerprint density at radius 3 is 1.10 bits per heavy atom. The molecule has 0 radical (unpaired) electrons. The zero-order valence-electron chi connectivity index (χ0n) is 30.9. The van der Waals surface area contributed by atoms with Crippen molar-refractivity contribution in [3.05, 3.63) is 194 Å². The molecular weight excluding hydrogens is 806 g/mol. The Morgan fingerprint density at radius 1 is 0.500 bits per heavy atom. The number of phenolic OH excluding ortho intramolecular Hbond substituents is 1. The van der Waals surface area contributed by atoms with Gasteiger partial charge in [0.25, 0.3) is 0 Å². The van der Waals surface area contributed by atoms with Crippen molar-refractivity contribution in [2.24, 2.45) is 0 Å². The fourth-order valence-corrected chi connectivity index (χ4v) is 7.57. The molecule has 0 saturated carbocycles. The second kappa shape index (κ2) is 18.8. The van der Waals surface area contributed by atoms with Crippen LogP contribution < -0.4 is 4.98 Å². The van der Waals surface area contributed by atoms with Gasteiger partial charge in [-0.05, 0) is 45.9 Å². The molecule has 1 aromatic heterocycles. The number of aromatic nitrogens is 1. The summed E-state index contributed by atoms with van der Waals surface area (Å²) < 4.78 is 12.6. The topological polar surface area (TPSA) is 51.4 Å². The van der Waals surface area contributed by atoms with E-state index in [-0.39, 0.29) is 12.8 Å². The van der Waals surface area contributed by atoms with Crippen molar-refractivity contribution in [3.8, 4) is 50.3 Å². The predicted octanol–water partition coefficient (Wildman–Crippen LogP) is 12.3. The second-order valence-corrected chi connectivity index (χ2v) is 14.5. The summed E-state index contributed by atoms with van der Waals surface area (Å²) in [5.74, 6) is 0.311. The van der Waals surface area contributed by atoms with E-state index >= 15 is 0 Å². The van der Waals surface area contributed by atoms with Crippen molar-refractivity contribution >= 4 is 4.40 Å². The summed E-state index contributed by atoms with van der Waals surface area (Å²) in [5, 5.41) is 11.9. The first-order chi connectivity index (χ1) is 24.7. The average Bonchev–Trinajstić information content (AvgIpc) is 3.56. The number of hydrogen-bond donors (Lipinski definition) is 1. The number of nitrogens with zero attached hydrogens (tertiary/aromatic N) is 1. The van der Waals surface area contributed by atoms with Crippen molar-refractivity contribution in [3.63, 3.8) is 0 Å². The molecular formula is C48H47NO2W-2. The van der Waals surface area contributed by atoms with Gasteiger partial charge in [0.2, 0.25) is 0 Å². The Bertz CT molecular complexity index is 1960. The molecule has 0 bridgehead atoms. The monoisotopic (exact) mass is 853 g/mol. The summed E-state index contributed by atoms with van der Waals surface area (Å²) in [7, 11) is 0. The molecule has 1 heterocycles. The van der Waals surface area contributed by atoms with E-state index < -0.39 is 18.1 Å². The van der Waals surface area contributed by atoms with Crippen LogP contribution in [-0.2, 0) is 26.9 Å². The maximum absolute atomic E-state index is 11.9. The molecule has 0 aliphatic heterocycles. The molecule has 3 nitrogen and oxygen atoms in total. The molecule has 7 aromatic rings. The number of aromatic hydroxyl groups is 1. The second-order valence-electron chi connectivity index (χ2n) is 13.0. The molecule has 1 N–H and O–H groups in total. The Hall–Kier alpha value is -5.24. The molecule has 264 valence electrons. The minimum Gasteiger partial charge on any atom is -0.665 e. The molecule has 0 atom stereocenters. The molecule has 0 spiro atoms. The maximum atomic E-state index is 11.9. The third-order valence-corrected chi connectivity index (χ3v) is 11.2. The third-order valence-electron chi connectivity index (χ3n) is 8.75. The van der Waals surface area contributed by atoms with Gasteiger partial charge in [-0.1, -0.05) is 147 Å². The van der Waals surface area contributed by atoms with Crippen LogP contribution in [0.15, 0.2) is 164 Å². The van der Waals surface area contributed by atoms with Gasteiger partial charge in [-0.15, -0.1) is 0 Å². The van der Waals surface area contributed by atoms with Crippen LogP contribution in [0, 0.1) is 28.2 Å². The summed E-state index contributed by atoms with van der Waals surface area (Å²) in [5.41, 5.74) is 12.6. The molecule has 0 fully saturated rings. The van der Waals surface area contributed by atoms with Crippen LogP contribution in [-0.4, -0.2) is 9.51 Å². The van der Waals surface area contributed by atoms with E-state index in [9.17, 15) is 8.50 Å². The van der Waals surface area contributed by atoms with E-state index in [0.717, 1.165) is 61.5 Å². The molecule has 52 heavy (non-hydrogen) atoms. The maximum Gasteiger partial charge on any atom is 0.132 e.